The predicted molar refractivity (Wildman–Crippen MR) is 113 cm³/mol. The molecule has 0 atom stereocenters. The molecule has 152 valence electrons. The summed E-state index contributed by atoms with van der Waals surface area (Å²) in [5, 5.41) is 12.4. The second-order valence-electron chi connectivity index (χ2n) is 6.55. The number of Topliss-reactive ketones (excluding diaryl/α,β-unsaturated/α-hetero) is 1. The molecular formula is C22H19N3O4S. The monoisotopic (exact) mass is 421 g/mol. The average Bonchev–Trinajstić information content (AvgIpc) is 3.08. The van der Waals surface area contributed by atoms with Crippen molar-refractivity contribution in [2.75, 3.05) is 25.1 Å². The molecule has 0 saturated heterocycles. The summed E-state index contributed by atoms with van der Waals surface area (Å²) in [5.41, 5.74) is 2.26. The number of ether oxygens (including phenoxy) is 1. The molecule has 1 N–H and O–H groups in total. The van der Waals surface area contributed by atoms with Gasteiger partial charge in [-0.05, 0) is 31.2 Å². The van der Waals surface area contributed by atoms with E-state index in [1.165, 1.54) is 11.8 Å². The van der Waals surface area contributed by atoms with Gasteiger partial charge in [0.2, 0.25) is 5.78 Å². The van der Waals surface area contributed by atoms with Crippen molar-refractivity contribution in [3.63, 3.8) is 0 Å². The smallest absolute Gasteiger partial charge is 0.325 e. The van der Waals surface area contributed by atoms with Crippen LogP contribution in [0, 0.1) is 18.3 Å². The summed E-state index contributed by atoms with van der Waals surface area (Å²) in [7, 11) is 1.77. The zero-order valence-corrected chi connectivity index (χ0v) is 17.3. The number of thioether (sulfide) groups is 1. The third-order valence-corrected chi connectivity index (χ3v) is 5.65. The van der Waals surface area contributed by atoms with E-state index in [4.69, 9.17) is 4.74 Å². The number of carbonyl (C=O) groups excluding carboxylic acids is 3. The van der Waals surface area contributed by atoms with Gasteiger partial charge in [-0.2, -0.15) is 5.26 Å². The van der Waals surface area contributed by atoms with Crippen LogP contribution in [0.3, 0.4) is 0 Å². The molecule has 0 spiro atoms. The second kappa shape index (κ2) is 9.29. The highest BCUT2D eigenvalue weighted by molar-refractivity contribution is 8.03. The number of hydrogen-bond acceptors (Lipinski definition) is 7. The highest BCUT2D eigenvalue weighted by atomic mass is 32.2. The van der Waals surface area contributed by atoms with Gasteiger partial charge < -0.3 is 15.0 Å². The van der Waals surface area contributed by atoms with Gasteiger partial charge in [0.25, 0.3) is 5.91 Å². The lowest BCUT2D eigenvalue weighted by molar-refractivity contribution is -0.145. The van der Waals surface area contributed by atoms with Gasteiger partial charge >= 0.3 is 5.97 Å². The molecule has 3 rings (SSSR count). The number of carbonyl (C=O) groups is 3. The molecule has 7 nitrogen and oxygen atoms in total. The topological polar surface area (TPSA) is 99.5 Å². The van der Waals surface area contributed by atoms with Gasteiger partial charge in [-0.3, -0.25) is 14.4 Å². The molecule has 1 heterocycles. The summed E-state index contributed by atoms with van der Waals surface area (Å²) < 4.78 is 4.95. The maximum Gasteiger partial charge on any atom is 0.325 e. The van der Waals surface area contributed by atoms with E-state index in [0.29, 0.717) is 10.6 Å². The van der Waals surface area contributed by atoms with E-state index in [1.54, 1.807) is 36.2 Å². The molecule has 0 fully saturated rings. The number of esters is 1. The van der Waals surface area contributed by atoms with Crippen LogP contribution in [0.15, 0.2) is 64.0 Å². The first-order chi connectivity index (χ1) is 14.4. The van der Waals surface area contributed by atoms with Crippen molar-refractivity contribution in [1.82, 2.24) is 5.32 Å². The van der Waals surface area contributed by atoms with E-state index in [-0.39, 0.29) is 12.1 Å². The predicted octanol–water partition coefficient (Wildman–Crippen LogP) is 2.81. The molecule has 0 aromatic heterocycles. The molecule has 2 aromatic rings. The van der Waals surface area contributed by atoms with Crippen molar-refractivity contribution in [2.24, 2.45) is 0 Å². The first-order valence-electron chi connectivity index (χ1n) is 9.09. The number of nitrogens with one attached hydrogen (secondary N) is 1. The lowest BCUT2D eigenvalue weighted by Crippen LogP contribution is -2.31. The lowest BCUT2D eigenvalue weighted by Gasteiger charge is -2.14. The molecule has 0 radical (unpaired) electrons. The molecule has 0 saturated carbocycles. The normalized spacial score (nSPS) is 13.8. The number of benzene rings is 2. The first kappa shape index (κ1) is 21.1. The standard InChI is InChI=1S/C22H19N3O4S/c1-14-7-9-15(10-8-14)21(28)24-12-20(27)29-13-18(26)16(11-23)22-25(2)17-5-3-4-6-19(17)30-22/h3-10H,12-13H2,1-2H3,(H,24,28)/b22-16-. The highest BCUT2D eigenvalue weighted by Gasteiger charge is 2.28. The van der Waals surface area contributed by atoms with Gasteiger partial charge in [0, 0.05) is 17.5 Å². The number of hydrogen-bond donors (Lipinski definition) is 1. The quantitative estimate of drug-likeness (QED) is 0.435. The third kappa shape index (κ3) is 4.70. The van der Waals surface area contributed by atoms with Crippen molar-refractivity contribution in [1.29, 1.82) is 5.26 Å². The molecule has 2 aromatic carbocycles. The Hall–Kier alpha value is -3.57. The van der Waals surface area contributed by atoms with Crippen LogP contribution in [0.2, 0.25) is 0 Å². The Morgan fingerprint density at radius 2 is 1.83 bits per heavy atom. The Labute approximate surface area is 178 Å². The van der Waals surface area contributed by atoms with Gasteiger partial charge in [0.05, 0.1) is 5.69 Å². The zero-order chi connectivity index (χ0) is 21.7. The minimum atomic E-state index is -0.762. The minimum absolute atomic E-state index is 0.0739. The molecule has 0 bridgehead atoms. The molecule has 0 aliphatic carbocycles. The van der Waals surface area contributed by atoms with E-state index in [0.717, 1.165) is 16.1 Å². The molecule has 1 amide bonds. The Balaban J connectivity index is 1.55. The van der Waals surface area contributed by atoms with Crippen LogP contribution in [0.1, 0.15) is 15.9 Å². The summed E-state index contributed by atoms with van der Waals surface area (Å²) in [6, 6.07) is 16.3. The average molecular weight is 421 g/mol. The fourth-order valence-corrected chi connectivity index (χ4v) is 3.94. The van der Waals surface area contributed by atoms with E-state index in [9.17, 15) is 19.6 Å². The molecule has 1 aliphatic heterocycles. The van der Waals surface area contributed by atoms with E-state index in [1.807, 2.05) is 37.3 Å². The van der Waals surface area contributed by atoms with Crippen LogP contribution in [0.25, 0.3) is 0 Å². The van der Waals surface area contributed by atoms with Gasteiger partial charge in [-0.15, -0.1) is 0 Å². The Bertz CT molecular complexity index is 1070. The van der Waals surface area contributed by atoms with Gasteiger partial charge in [0.15, 0.2) is 6.61 Å². The SMILES string of the molecule is Cc1ccc(C(=O)NCC(=O)OCC(=O)/C(C#N)=C2\Sc3ccccc3N2C)cc1. The number of amides is 1. The maximum atomic E-state index is 12.5. The summed E-state index contributed by atoms with van der Waals surface area (Å²) in [6.07, 6.45) is 0. The highest BCUT2D eigenvalue weighted by Crippen LogP contribution is 2.46. The van der Waals surface area contributed by atoms with Crippen LogP contribution in [-0.2, 0) is 14.3 Å². The summed E-state index contributed by atoms with van der Waals surface area (Å²) in [5.74, 6) is -1.78. The van der Waals surface area contributed by atoms with Crippen LogP contribution < -0.4 is 10.2 Å². The second-order valence-corrected chi connectivity index (χ2v) is 7.58. The van der Waals surface area contributed by atoms with Crippen molar-refractivity contribution >= 4 is 35.1 Å². The summed E-state index contributed by atoms with van der Waals surface area (Å²) in [4.78, 5) is 39.1. The lowest BCUT2D eigenvalue weighted by atomic mass is 10.1. The Morgan fingerprint density at radius 3 is 2.50 bits per heavy atom. The summed E-state index contributed by atoms with van der Waals surface area (Å²) in [6.45, 7) is 0.955. The van der Waals surface area contributed by atoms with Gasteiger partial charge in [-0.25, -0.2) is 0 Å². The van der Waals surface area contributed by atoms with E-state index >= 15 is 0 Å². The Morgan fingerprint density at radius 1 is 1.13 bits per heavy atom. The van der Waals surface area contributed by atoms with E-state index in [2.05, 4.69) is 5.32 Å². The van der Waals surface area contributed by atoms with Gasteiger partial charge in [-0.1, -0.05) is 41.6 Å². The molecular weight excluding hydrogens is 402 g/mol. The number of para-hydroxylation sites is 1. The van der Waals surface area contributed by atoms with Crippen LogP contribution >= 0.6 is 11.8 Å². The van der Waals surface area contributed by atoms with Crippen molar-refractivity contribution in [3.8, 4) is 6.07 Å². The number of fused-ring (bicyclic) bond motifs is 1. The largest absolute Gasteiger partial charge is 0.456 e. The fourth-order valence-electron chi connectivity index (χ4n) is 2.78. The Kier molecular flexibility index (Phi) is 6.54. The zero-order valence-electron chi connectivity index (χ0n) is 16.5. The molecule has 0 unspecified atom stereocenters. The minimum Gasteiger partial charge on any atom is -0.456 e. The van der Waals surface area contributed by atoms with Crippen molar-refractivity contribution < 1.29 is 19.1 Å². The molecule has 8 heteroatoms. The maximum absolute atomic E-state index is 12.5. The number of nitriles is 1. The van der Waals surface area contributed by atoms with Crippen molar-refractivity contribution in [2.45, 2.75) is 11.8 Å². The third-order valence-electron chi connectivity index (χ3n) is 4.41. The number of anilines is 1. The fraction of sp³-hybridized carbons (Fsp3) is 0.182. The van der Waals surface area contributed by atoms with Crippen molar-refractivity contribution in [3.05, 3.63) is 70.3 Å². The number of nitrogens with zero attached hydrogens (tertiary/aromatic N) is 2. The number of rotatable bonds is 6. The number of aryl methyl sites for hydroxylation is 1. The number of ketones is 1. The van der Waals surface area contributed by atoms with Crippen LogP contribution in [0.4, 0.5) is 5.69 Å². The first-order valence-corrected chi connectivity index (χ1v) is 9.91. The van der Waals surface area contributed by atoms with Crippen LogP contribution in [0.5, 0.6) is 0 Å². The van der Waals surface area contributed by atoms with Gasteiger partial charge in [0.1, 0.15) is 23.2 Å². The molecule has 30 heavy (non-hydrogen) atoms. The van der Waals surface area contributed by atoms with E-state index < -0.39 is 24.3 Å². The van der Waals surface area contributed by atoms with Crippen LogP contribution in [-0.4, -0.2) is 37.9 Å². The summed E-state index contributed by atoms with van der Waals surface area (Å²) >= 11 is 1.32. The molecule has 1 aliphatic rings.